The summed E-state index contributed by atoms with van der Waals surface area (Å²) < 4.78 is 16.2. The Morgan fingerprint density at radius 2 is 1.84 bits per heavy atom. The van der Waals surface area contributed by atoms with E-state index in [0.717, 1.165) is 50.4 Å². The summed E-state index contributed by atoms with van der Waals surface area (Å²) in [7, 11) is 10.2. The minimum absolute atomic E-state index is 0.0208. The predicted molar refractivity (Wildman–Crippen MR) is 122 cm³/mol. The first kappa shape index (κ1) is 24.6. The Labute approximate surface area is 185 Å². The van der Waals surface area contributed by atoms with Gasteiger partial charge in [0.1, 0.15) is 0 Å². The third kappa shape index (κ3) is 6.65. The molecule has 0 aliphatic carbocycles. The number of nitrogens with zero attached hydrogens (tertiary/aromatic N) is 3. The first-order chi connectivity index (χ1) is 14.9. The molecule has 174 valence electrons. The van der Waals surface area contributed by atoms with Crippen molar-refractivity contribution < 1.29 is 19.0 Å². The van der Waals surface area contributed by atoms with Gasteiger partial charge in [0.15, 0.2) is 17.5 Å². The van der Waals surface area contributed by atoms with Gasteiger partial charge in [-0.1, -0.05) is 0 Å². The lowest BCUT2D eigenvalue weighted by Gasteiger charge is -2.26. The van der Waals surface area contributed by atoms with E-state index in [1.54, 1.807) is 33.3 Å². The number of hydrogen-bond acceptors (Lipinski definition) is 6. The van der Waals surface area contributed by atoms with Crippen molar-refractivity contribution in [3.63, 3.8) is 0 Å². The van der Waals surface area contributed by atoms with Crippen LogP contribution in [-0.4, -0.2) is 89.8 Å². The minimum Gasteiger partial charge on any atom is -0.493 e. The number of methoxy groups -OCH3 is 3. The first-order valence-electron chi connectivity index (χ1n) is 10.6. The zero-order valence-corrected chi connectivity index (χ0v) is 19.7. The molecular formula is C22H37N5O4. The zero-order chi connectivity index (χ0) is 22.8. The van der Waals surface area contributed by atoms with Crippen molar-refractivity contribution in [2.45, 2.75) is 31.8 Å². The average molecular weight is 436 g/mol. The second-order valence-corrected chi connectivity index (χ2v) is 7.67. The molecule has 1 amide bonds. The van der Waals surface area contributed by atoms with E-state index in [1.165, 1.54) is 0 Å². The predicted octanol–water partition coefficient (Wildman–Crippen LogP) is 1.32. The van der Waals surface area contributed by atoms with Crippen LogP contribution in [0, 0.1) is 0 Å². The Hall–Kier alpha value is -2.68. The third-order valence-electron chi connectivity index (χ3n) is 5.41. The summed E-state index contributed by atoms with van der Waals surface area (Å²) in [4.78, 5) is 20.6. The number of benzene rings is 1. The van der Waals surface area contributed by atoms with Gasteiger partial charge >= 0.3 is 0 Å². The highest BCUT2D eigenvalue weighted by Crippen LogP contribution is 2.38. The van der Waals surface area contributed by atoms with E-state index in [-0.39, 0.29) is 11.9 Å². The highest BCUT2D eigenvalue weighted by Gasteiger charge is 2.30. The summed E-state index contributed by atoms with van der Waals surface area (Å²) in [6, 6.07) is 3.85. The van der Waals surface area contributed by atoms with Crippen LogP contribution in [-0.2, 0) is 11.3 Å². The number of guanidine groups is 1. The van der Waals surface area contributed by atoms with Crippen LogP contribution in [0.2, 0.25) is 0 Å². The molecule has 1 aromatic carbocycles. The molecule has 0 aromatic heterocycles. The Kier molecular flexibility index (Phi) is 9.71. The third-order valence-corrected chi connectivity index (χ3v) is 5.41. The van der Waals surface area contributed by atoms with Crippen LogP contribution in [0.4, 0.5) is 0 Å². The van der Waals surface area contributed by atoms with Crippen LogP contribution >= 0.6 is 0 Å². The number of likely N-dealkylation sites (N-methyl/N-ethyl adjacent to an activating group) is 1. The maximum Gasteiger partial charge on any atom is 0.239 e. The molecule has 0 saturated carbocycles. The lowest BCUT2D eigenvalue weighted by molar-refractivity contribution is -0.133. The number of ether oxygens (including phenoxy) is 3. The van der Waals surface area contributed by atoms with Crippen molar-refractivity contribution >= 4 is 11.9 Å². The van der Waals surface area contributed by atoms with E-state index in [0.29, 0.717) is 23.8 Å². The molecule has 9 heteroatoms. The Morgan fingerprint density at radius 3 is 2.39 bits per heavy atom. The van der Waals surface area contributed by atoms with Gasteiger partial charge in [-0.3, -0.25) is 14.7 Å². The molecule has 0 radical (unpaired) electrons. The Balaban J connectivity index is 1.82. The lowest BCUT2D eigenvalue weighted by atomic mass is 10.2. The Bertz CT molecular complexity index is 728. The van der Waals surface area contributed by atoms with Crippen molar-refractivity contribution in [1.29, 1.82) is 0 Å². The first-order valence-corrected chi connectivity index (χ1v) is 10.6. The van der Waals surface area contributed by atoms with E-state index in [2.05, 4.69) is 20.5 Å². The van der Waals surface area contributed by atoms with Crippen molar-refractivity contribution in [2.24, 2.45) is 4.99 Å². The molecule has 1 saturated heterocycles. The fraction of sp³-hybridized carbons (Fsp3) is 0.636. The van der Waals surface area contributed by atoms with E-state index in [1.807, 2.05) is 26.2 Å². The van der Waals surface area contributed by atoms with Gasteiger partial charge < -0.3 is 29.7 Å². The number of carbonyl (C=O) groups excluding carboxylic acids is 1. The Morgan fingerprint density at radius 1 is 1.16 bits per heavy atom. The molecule has 1 aliphatic heterocycles. The van der Waals surface area contributed by atoms with Crippen LogP contribution in [0.15, 0.2) is 17.1 Å². The van der Waals surface area contributed by atoms with Crippen LogP contribution < -0.4 is 24.8 Å². The minimum atomic E-state index is 0.0208. The maximum atomic E-state index is 12.3. The van der Waals surface area contributed by atoms with Crippen LogP contribution in [0.1, 0.15) is 24.8 Å². The summed E-state index contributed by atoms with van der Waals surface area (Å²) in [5.74, 6) is 2.73. The van der Waals surface area contributed by atoms with Gasteiger partial charge in [-0.2, -0.15) is 0 Å². The van der Waals surface area contributed by atoms with Crippen LogP contribution in [0.25, 0.3) is 0 Å². The second-order valence-electron chi connectivity index (χ2n) is 7.67. The lowest BCUT2D eigenvalue weighted by Crippen LogP contribution is -2.44. The normalized spacial score (nSPS) is 16.7. The highest BCUT2D eigenvalue weighted by atomic mass is 16.5. The molecule has 0 spiro atoms. The number of carbonyl (C=O) groups is 1. The van der Waals surface area contributed by atoms with Gasteiger partial charge in [-0.25, -0.2) is 0 Å². The summed E-state index contributed by atoms with van der Waals surface area (Å²) >= 11 is 0. The number of rotatable bonds is 10. The number of amides is 1. The maximum absolute atomic E-state index is 12.3. The number of hydrogen-bond donors (Lipinski definition) is 2. The molecule has 2 N–H and O–H groups in total. The molecule has 1 heterocycles. The molecule has 2 rings (SSSR count). The van der Waals surface area contributed by atoms with E-state index < -0.39 is 0 Å². The molecular weight excluding hydrogens is 398 g/mol. The summed E-state index contributed by atoms with van der Waals surface area (Å²) in [5.41, 5.74) is 0.986. The quantitative estimate of drug-likeness (QED) is 0.326. The zero-order valence-electron chi connectivity index (χ0n) is 19.7. The molecule has 1 unspecified atom stereocenters. The van der Waals surface area contributed by atoms with E-state index in [9.17, 15) is 4.79 Å². The fourth-order valence-corrected chi connectivity index (χ4v) is 3.80. The topological polar surface area (TPSA) is 87.7 Å². The molecule has 31 heavy (non-hydrogen) atoms. The van der Waals surface area contributed by atoms with Crippen LogP contribution in [0.3, 0.4) is 0 Å². The molecule has 1 fully saturated rings. The van der Waals surface area contributed by atoms with Crippen molar-refractivity contribution in [3.8, 4) is 17.2 Å². The summed E-state index contributed by atoms with van der Waals surface area (Å²) in [6.45, 7) is 3.20. The van der Waals surface area contributed by atoms with Crippen LogP contribution in [0.5, 0.6) is 17.2 Å². The van der Waals surface area contributed by atoms with E-state index >= 15 is 0 Å². The van der Waals surface area contributed by atoms with Gasteiger partial charge in [0.05, 0.1) is 27.4 Å². The highest BCUT2D eigenvalue weighted by molar-refractivity contribution is 5.81. The van der Waals surface area contributed by atoms with Gasteiger partial charge in [-0.15, -0.1) is 0 Å². The summed E-state index contributed by atoms with van der Waals surface area (Å²) in [6.07, 6.45) is 2.96. The van der Waals surface area contributed by atoms with Gasteiger partial charge in [-0.05, 0) is 43.5 Å². The molecule has 9 nitrogen and oxygen atoms in total. The van der Waals surface area contributed by atoms with E-state index in [4.69, 9.17) is 14.2 Å². The van der Waals surface area contributed by atoms with Gasteiger partial charge in [0.25, 0.3) is 0 Å². The second kappa shape index (κ2) is 12.2. The number of aliphatic imine (C=N–C) groups is 1. The summed E-state index contributed by atoms with van der Waals surface area (Å²) in [5, 5.41) is 6.65. The standard InChI is InChI=1S/C22H37N5O4/c1-23-22(24-10-8-12-27-11-7-9-17(27)21(28)26(2)3)25-15-16-13-18(29-4)20(31-6)19(14-16)30-5/h13-14,17H,7-12,15H2,1-6H3,(H2,23,24,25). The molecule has 0 bridgehead atoms. The van der Waals surface area contributed by atoms with Crippen molar-refractivity contribution in [1.82, 2.24) is 20.4 Å². The fourth-order valence-electron chi connectivity index (χ4n) is 3.80. The van der Waals surface area contributed by atoms with Crippen molar-refractivity contribution in [3.05, 3.63) is 17.7 Å². The van der Waals surface area contributed by atoms with Gasteiger partial charge in [0.2, 0.25) is 11.7 Å². The average Bonchev–Trinajstić information content (AvgIpc) is 3.25. The molecule has 1 aromatic rings. The van der Waals surface area contributed by atoms with Gasteiger partial charge in [0, 0.05) is 40.8 Å². The monoisotopic (exact) mass is 435 g/mol. The molecule has 1 aliphatic rings. The smallest absolute Gasteiger partial charge is 0.239 e. The molecule has 1 atom stereocenters. The SMILES string of the molecule is CN=C(NCCCN1CCCC1C(=O)N(C)C)NCc1cc(OC)c(OC)c(OC)c1. The number of nitrogens with one attached hydrogen (secondary N) is 2. The largest absolute Gasteiger partial charge is 0.493 e. The van der Waals surface area contributed by atoms with Crippen molar-refractivity contribution in [2.75, 3.05) is 62.1 Å². The number of likely N-dealkylation sites (tertiary alicyclic amines) is 1.